The second kappa shape index (κ2) is 9.71. The van der Waals surface area contributed by atoms with Crippen LogP contribution in [-0.4, -0.2) is 24.2 Å². The Morgan fingerprint density at radius 2 is 1.62 bits per heavy atom. The molecule has 1 amide bonds. The van der Waals surface area contributed by atoms with Gasteiger partial charge in [0.2, 0.25) is 0 Å². The molecular weight excluding hydrogens is 373 g/mol. The smallest absolute Gasteiger partial charge is 0.258 e. The second-order valence-electron chi connectivity index (χ2n) is 6.55. The minimum absolute atomic E-state index is 0.0328. The zero-order chi connectivity index (χ0) is 20.6. The van der Waals surface area contributed by atoms with Crippen LogP contribution in [0, 0.1) is 12.7 Å². The average Bonchev–Trinajstić information content (AvgIpc) is 2.73. The fourth-order valence-corrected chi connectivity index (χ4v) is 2.59. The molecule has 0 aliphatic heterocycles. The number of carbonyl (C=O) groups is 1. The molecule has 0 aromatic heterocycles. The summed E-state index contributed by atoms with van der Waals surface area (Å²) in [7, 11) is 0. The number of aliphatic hydroxyl groups excluding tert-OH is 1. The maximum Gasteiger partial charge on any atom is 0.258 e. The number of hydrogen-bond donors (Lipinski definition) is 2. The number of ether oxygens (including phenoxy) is 2. The monoisotopic (exact) mass is 395 g/mol. The van der Waals surface area contributed by atoms with E-state index >= 15 is 0 Å². The number of benzene rings is 3. The highest BCUT2D eigenvalue weighted by Crippen LogP contribution is 2.24. The molecule has 3 aromatic rings. The van der Waals surface area contributed by atoms with Crippen LogP contribution in [0.5, 0.6) is 17.2 Å². The first-order valence-corrected chi connectivity index (χ1v) is 9.17. The molecule has 5 nitrogen and oxygen atoms in total. The lowest BCUT2D eigenvalue weighted by atomic mass is 10.1. The number of rotatable bonds is 8. The highest BCUT2D eigenvalue weighted by molar-refractivity contribution is 5.77. The van der Waals surface area contributed by atoms with Crippen LogP contribution in [0.4, 0.5) is 4.39 Å². The fraction of sp³-hybridized carbons (Fsp3) is 0.174. The van der Waals surface area contributed by atoms with Crippen molar-refractivity contribution in [2.45, 2.75) is 13.0 Å². The van der Waals surface area contributed by atoms with Gasteiger partial charge in [0.15, 0.2) is 6.61 Å². The summed E-state index contributed by atoms with van der Waals surface area (Å²) in [6, 6.07) is 20.3. The van der Waals surface area contributed by atoms with Crippen LogP contribution in [0.2, 0.25) is 0 Å². The van der Waals surface area contributed by atoms with E-state index in [1.807, 2.05) is 31.2 Å². The lowest BCUT2D eigenvalue weighted by Gasteiger charge is -2.13. The Morgan fingerprint density at radius 1 is 1.00 bits per heavy atom. The third-order valence-corrected chi connectivity index (χ3v) is 4.18. The largest absolute Gasteiger partial charge is 0.484 e. The molecule has 1 atom stereocenters. The van der Waals surface area contributed by atoms with Crippen molar-refractivity contribution in [3.63, 3.8) is 0 Å². The van der Waals surface area contributed by atoms with Gasteiger partial charge in [0, 0.05) is 6.54 Å². The first kappa shape index (κ1) is 20.4. The Balaban J connectivity index is 1.43. The summed E-state index contributed by atoms with van der Waals surface area (Å²) < 4.78 is 24.4. The van der Waals surface area contributed by atoms with Crippen molar-refractivity contribution in [1.29, 1.82) is 0 Å². The lowest BCUT2D eigenvalue weighted by Crippen LogP contribution is -2.32. The van der Waals surface area contributed by atoms with E-state index in [2.05, 4.69) is 5.32 Å². The molecule has 0 aliphatic carbocycles. The highest BCUT2D eigenvalue weighted by Gasteiger charge is 2.11. The molecule has 0 saturated heterocycles. The third-order valence-electron chi connectivity index (χ3n) is 4.18. The van der Waals surface area contributed by atoms with E-state index in [0.717, 1.165) is 11.3 Å². The summed E-state index contributed by atoms with van der Waals surface area (Å²) in [6.07, 6.45) is -0.993. The number of halogens is 1. The predicted molar refractivity (Wildman–Crippen MR) is 108 cm³/mol. The minimum atomic E-state index is -0.993. The van der Waals surface area contributed by atoms with E-state index < -0.39 is 11.9 Å². The Hall–Kier alpha value is -3.38. The molecule has 1 unspecified atom stereocenters. The quantitative estimate of drug-likeness (QED) is 0.601. The van der Waals surface area contributed by atoms with Gasteiger partial charge in [-0.2, -0.15) is 0 Å². The van der Waals surface area contributed by atoms with Gasteiger partial charge in [-0.15, -0.1) is 0 Å². The molecule has 29 heavy (non-hydrogen) atoms. The molecule has 0 heterocycles. The van der Waals surface area contributed by atoms with Crippen molar-refractivity contribution in [3.8, 4) is 17.2 Å². The molecule has 0 fully saturated rings. The van der Waals surface area contributed by atoms with E-state index in [1.54, 1.807) is 30.3 Å². The van der Waals surface area contributed by atoms with E-state index in [1.165, 1.54) is 18.2 Å². The van der Waals surface area contributed by atoms with Crippen LogP contribution >= 0.6 is 0 Å². The molecule has 3 rings (SSSR count). The summed E-state index contributed by atoms with van der Waals surface area (Å²) in [5, 5.41) is 12.6. The van der Waals surface area contributed by atoms with Gasteiger partial charge in [0.1, 0.15) is 23.1 Å². The fourth-order valence-electron chi connectivity index (χ4n) is 2.59. The maximum absolute atomic E-state index is 13.2. The van der Waals surface area contributed by atoms with Crippen LogP contribution in [0.3, 0.4) is 0 Å². The Bertz CT molecular complexity index is 942. The number of amides is 1. The molecule has 0 spiro atoms. The third kappa shape index (κ3) is 6.33. The summed E-state index contributed by atoms with van der Waals surface area (Å²) in [5.74, 6) is 1.08. The van der Waals surface area contributed by atoms with Crippen LogP contribution < -0.4 is 14.8 Å². The second-order valence-corrected chi connectivity index (χ2v) is 6.55. The van der Waals surface area contributed by atoms with E-state index in [9.17, 15) is 14.3 Å². The molecule has 150 valence electrons. The predicted octanol–water partition coefficient (Wildman–Crippen LogP) is 4.16. The van der Waals surface area contributed by atoms with Crippen molar-refractivity contribution < 1.29 is 23.8 Å². The zero-order valence-corrected chi connectivity index (χ0v) is 16.0. The topological polar surface area (TPSA) is 67.8 Å². The molecule has 3 aromatic carbocycles. The maximum atomic E-state index is 13.2. The van der Waals surface area contributed by atoms with Gasteiger partial charge in [-0.25, -0.2) is 4.39 Å². The first-order valence-electron chi connectivity index (χ1n) is 9.17. The SMILES string of the molecule is Cc1ccc(Oc2ccc(OCC(=O)NCC(O)c3cccc(F)c3)cc2)cc1. The average molecular weight is 395 g/mol. The van der Waals surface area contributed by atoms with Crippen molar-refractivity contribution in [2.24, 2.45) is 0 Å². The van der Waals surface area contributed by atoms with Gasteiger partial charge < -0.3 is 19.9 Å². The number of hydrogen-bond acceptors (Lipinski definition) is 4. The standard InChI is InChI=1S/C23H22FNO4/c1-16-5-7-20(8-6-16)29-21-11-9-19(10-12-21)28-15-23(27)25-14-22(26)17-3-2-4-18(24)13-17/h2-13,22,26H,14-15H2,1H3,(H,25,27). The summed E-state index contributed by atoms with van der Waals surface area (Å²) in [5.41, 5.74) is 1.55. The Morgan fingerprint density at radius 3 is 2.28 bits per heavy atom. The molecule has 2 N–H and O–H groups in total. The van der Waals surface area contributed by atoms with Crippen molar-refractivity contribution in [1.82, 2.24) is 5.32 Å². The van der Waals surface area contributed by atoms with Gasteiger partial charge in [0.25, 0.3) is 5.91 Å². The van der Waals surface area contributed by atoms with Gasteiger partial charge >= 0.3 is 0 Å². The van der Waals surface area contributed by atoms with Crippen LogP contribution in [0.15, 0.2) is 72.8 Å². The van der Waals surface area contributed by atoms with Crippen LogP contribution in [0.25, 0.3) is 0 Å². The summed E-state index contributed by atoms with van der Waals surface area (Å²) in [4.78, 5) is 11.9. The van der Waals surface area contributed by atoms with Crippen LogP contribution in [0.1, 0.15) is 17.2 Å². The molecule has 6 heteroatoms. The van der Waals surface area contributed by atoms with E-state index in [0.29, 0.717) is 17.1 Å². The molecular formula is C23H22FNO4. The highest BCUT2D eigenvalue weighted by atomic mass is 19.1. The molecule has 0 radical (unpaired) electrons. The van der Waals surface area contributed by atoms with E-state index in [-0.39, 0.29) is 19.1 Å². The molecule has 0 saturated carbocycles. The first-order chi connectivity index (χ1) is 14.0. The van der Waals surface area contributed by atoms with Gasteiger partial charge in [0.05, 0.1) is 6.10 Å². The molecule has 0 bridgehead atoms. The number of carbonyl (C=O) groups excluding carboxylic acids is 1. The Kier molecular flexibility index (Phi) is 6.81. The van der Waals surface area contributed by atoms with Crippen molar-refractivity contribution in [2.75, 3.05) is 13.2 Å². The van der Waals surface area contributed by atoms with Crippen molar-refractivity contribution in [3.05, 3.63) is 89.7 Å². The van der Waals surface area contributed by atoms with E-state index in [4.69, 9.17) is 9.47 Å². The van der Waals surface area contributed by atoms with Gasteiger partial charge in [-0.1, -0.05) is 29.8 Å². The summed E-state index contributed by atoms with van der Waals surface area (Å²) >= 11 is 0. The van der Waals surface area contributed by atoms with Crippen molar-refractivity contribution >= 4 is 5.91 Å². The number of aryl methyl sites for hydroxylation is 1. The normalized spacial score (nSPS) is 11.6. The lowest BCUT2D eigenvalue weighted by molar-refractivity contribution is -0.123. The molecule has 0 aliphatic rings. The Labute approximate surface area is 168 Å². The summed E-state index contributed by atoms with van der Waals surface area (Å²) in [6.45, 7) is 1.78. The zero-order valence-electron chi connectivity index (χ0n) is 16.0. The van der Waals surface area contributed by atoms with Gasteiger partial charge in [-0.3, -0.25) is 4.79 Å². The number of aliphatic hydroxyl groups is 1. The van der Waals surface area contributed by atoms with Gasteiger partial charge in [-0.05, 0) is 61.0 Å². The number of nitrogens with one attached hydrogen (secondary N) is 1. The minimum Gasteiger partial charge on any atom is -0.484 e. The van der Waals surface area contributed by atoms with Crippen LogP contribution in [-0.2, 0) is 4.79 Å².